The molecule has 0 amide bonds. The van der Waals surface area contributed by atoms with Gasteiger partial charge in [0.1, 0.15) is 0 Å². The van der Waals surface area contributed by atoms with Gasteiger partial charge in [0, 0.05) is 29.7 Å². The first kappa shape index (κ1) is 13.9. The van der Waals surface area contributed by atoms with Crippen molar-refractivity contribution in [2.24, 2.45) is 0 Å². The van der Waals surface area contributed by atoms with Gasteiger partial charge in [-0.15, -0.1) is 11.3 Å². The van der Waals surface area contributed by atoms with Crippen molar-refractivity contribution in [2.45, 2.75) is 32.4 Å². The highest BCUT2D eigenvalue weighted by molar-refractivity contribution is 7.16. The van der Waals surface area contributed by atoms with Crippen molar-refractivity contribution in [3.05, 3.63) is 50.7 Å². The Labute approximate surface area is 129 Å². The minimum Gasteiger partial charge on any atom is -0.385 e. The van der Waals surface area contributed by atoms with E-state index in [0.717, 1.165) is 17.4 Å². The maximum absolute atomic E-state index is 6.00. The van der Waals surface area contributed by atoms with E-state index < -0.39 is 0 Å². The summed E-state index contributed by atoms with van der Waals surface area (Å²) in [5, 5.41) is 7.13. The van der Waals surface area contributed by atoms with Crippen molar-refractivity contribution in [3.63, 3.8) is 0 Å². The van der Waals surface area contributed by atoms with Crippen LogP contribution in [0.5, 0.6) is 0 Å². The monoisotopic (exact) mass is 306 g/mol. The second-order valence-corrected chi connectivity index (χ2v) is 6.97. The van der Waals surface area contributed by atoms with E-state index in [4.69, 9.17) is 11.6 Å². The summed E-state index contributed by atoms with van der Waals surface area (Å²) in [5.74, 6) is 0. The average molecular weight is 307 g/mol. The molecule has 1 aliphatic rings. The number of halogens is 1. The van der Waals surface area contributed by atoms with E-state index in [1.54, 1.807) is 11.3 Å². The van der Waals surface area contributed by atoms with Crippen LogP contribution in [0.2, 0.25) is 4.34 Å². The van der Waals surface area contributed by atoms with Crippen LogP contribution in [0.25, 0.3) is 0 Å². The van der Waals surface area contributed by atoms with Gasteiger partial charge in [-0.25, -0.2) is 0 Å². The molecule has 2 N–H and O–H groups in total. The molecule has 1 unspecified atom stereocenters. The summed E-state index contributed by atoms with van der Waals surface area (Å²) in [5.41, 5.74) is 4.14. The lowest BCUT2D eigenvalue weighted by molar-refractivity contribution is 0.582. The van der Waals surface area contributed by atoms with Gasteiger partial charge in [0.25, 0.3) is 0 Å². The zero-order chi connectivity index (χ0) is 13.9. The van der Waals surface area contributed by atoms with Crippen molar-refractivity contribution in [2.75, 3.05) is 11.9 Å². The Morgan fingerprint density at radius 2 is 2.25 bits per heavy atom. The van der Waals surface area contributed by atoms with E-state index in [0.29, 0.717) is 6.04 Å². The van der Waals surface area contributed by atoms with Gasteiger partial charge in [0.15, 0.2) is 0 Å². The standard InChI is InChI=1S/C16H19ClN2S/c1-11(14-7-8-15(17)20-14)19-10-13-5-2-4-12-6-3-9-18-16(12)13/h2,4-5,7-8,11,18-19H,3,6,9-10H2,1H3. The Kier molecular flexibility index (Phi) is 4.29. The predicted molar refractivity (Wildman–Crippen MR) is 87.8 cm³/mol. The molecule has 0 aliphatic carbocycles. The molecule has 0 spiro atoms. The number of benzene rings is 1. The summed E-state index contributed by atoms with van der Waals surface area (Å²) in [6.45, 7) is 4.15. The third kappa shape index (κ3) is 3.00. The van der Waals surface area contributed by atoms with Crippen molar-refractivity contribution in [1.82, 2.24) is 5.32 Å². The smallest absolute Gasteiger partial charge is 0.0931 e. The molecule has 0 radical (unpaired) electrons. The molecule has 0 saturated heterocycles. The summed E-state index contributed by atoms with van der Waals surface area (Å²) in [7, 11) is 0. The van der Waals surface area contributed by atoms with Crippen molar-refractivity contribution in [1.29, 1.82) is 0 Å². The van der Waals surface area contributed by atoms with E-state index in [1.807, 2.05) is 6.07 Å². The molecular formula is C16H19ClN2S. The highest BCUT2D eigenvalue weighted by atomic mass is 35.5. The second kappa shape index (κ2) is 6.17. The van der Waals surface area contributed by atoms with Gasteiger partial charge >= 0.3 is 0 Å². The Morgan fingerprint density at radius 1 is 1.35 bits per heavy atom. The molecule has 3 rings (SSSR count). The van der Waals surface area contributed by atoms with Crippen LogP contribution in [-0.2, 0) is 13.0 Å². The lowest BCUT2D eigenvalue weighted by atomic mass is 9.99. The summed E-state index contributed by atoms with van der Waals surface area (Å²) >= 11 is 7.64. The molecule has 1 atom stereocenters. The molecule has 1 aromatic carbocycles. The molecule has 0 saturated carbocycles. The van der Waals surface area contributed by atoms with Crippen LogP contribution in [0.1, 0.15) is 35.4 Å². The van der Waals surface area contributed by atoms with Crippen LogP contribution in [0.15, 0.2) is 30.3 Å². The predicted octanol–water partition coefficient (Wildman–Crippen LogP) is 4.61. The highest BCUT2D eigenvalue weighted by Gasteiger charge is 2.13. The summed E-state index contributed by atoms with van der Waals surface area (Å²) in [4.78, 5) is 1.28. The highest BCUT2D eigenvalue weighted by Crippen LogP contribution is 2.29. The first-order valence-electron chi connectivity index (χ1n) is 7.07. The topological polar surface area (TPSA) is 24.1 Å². The summed E-state index contributed by atoms with van der Waals surface area (Å²) in [6.07, 6.45) is 2.42. The zero-order valence-corrected chi connectivity index (χ0v) is 13.2. The molecule has 4 heteroatoms. The Balaban J connectivity index is 1.69. The largest absolute Gasteiger partial charge is 0.385 e. The number of fused-ring (bicyclic) bond motifs is 1. The number of hydrogen-bond donors (Lipinski definition) is 2. The van der Waals surface area contributed by atoms with Crippen LogP contribution >= 0.6 is 22.9 Å². The SMILES string of the molecule is CC(NCc1cccc2c1NCCC2)c1ccc(Cl)s1. The molecule has 2 heterocycles. The summed E-state index contributed by atoms with van der Waals surface area (Å²) < 4.78 is 0.854. The fourth-order valence-electron chi connectivity index (χ4n) is 2.65. The third-order valence-corrected chi connectivity index (χ3v) is 5.20. The zero-order valence-electron chi connectivity index (χ0n) is 11.6. The van der Waals surface area contributed by atoms with Crippen LogP contribution in [-0.4, -0.2) is 6.54 Å². The van der Waals surface area contributed by atoms with Gasteiger partial charge in [-0.1, -0.05) is 29.8 Å². The van der Waals surface area contributed by atoms with E-state index in [1.165, 1.54) is 34.5 Å². The Morgan fingerprint density at radius 3 is 3.05 bits per heavy atom. The van der Waals surface area contributed by atoms with E-state index in [2.05, 4.69) is 41.8 Å². The van der Waals surface area contributed by atoms with Gasteiger partial charge in [0.2, 0.25) is 0 Å². The number of nitrogens with one attached hydrogen (secondary N) is 2. The van der Waals surface area contributed by atoms with Crippen molar-refractivity contribution in [3.8, 4) is 0 Å². The van der Waals surface area contributed by atoms with Gasteiger partial charge < -0.3 is 10.6 Å². The molecule has 1 aliphatic heterocycles. The molecule has 20 heavy (non-hydrogen) atoms. The van der Waals surface area contributed by atoms with Crippen LogP contribution in [0.4, 0.5) is 5.69 Å². The number of thiophene rings is 1. The number of para-hydroxylation sites is 1. The van der Waals surface area contributed by atoms with Gasteiger partial charge in [-0.05, 0) is 43.0 Å². The summed E-state index contributed by atoms with van der Waals surface area (Å²) in [6, 6.07) is 11.0. The molecule has 2 nitrogen and oxygen atoms in total. The maximum atomic E-state index is 6.00. The van der Waals surface area contributed by atoms with Crippen molar-refractivity contribution >= 4 is 28.6 Å². The number of hydrogen-bond acceptors (Lipinski definition) is 3. The van der Waals surface area contributed by atoms with Crippen LogP contribution < -0.4 is 10.6 Å². The van der Waals surface area contributed by atoms with Gasteiger partial charge in [-0.3, -0.25) is 0 Å². The lowest BCUT2D eigenvalue weighted by Gasteiger charge is -2.22. The lowest BCUT2D eigenvalue weighted by Crippen LogP contribution is -2.20. The molecule has 0 fully saturated rings. The van der Waals surface area contributed by atoms with Crippen LogP contribution in [0, 0.1) is 0 Å². The average Bonchev–Trinajstić information content (AvgIpc) is 2.91. The minimum absolute atomic E-state index is 0.326. The minimum atomic E-state index is 0.326. The third-order valence-electron chi connectivity index (χ3n) is 3.78. The number of aryl methyl sites for hydroxylation is 1. The Bertz CT molecular complexity index is 594. The number of rotatable bonds is 4. The molecular weight excluding hydrogens is 288 g/mol. The fourth-order valence-corrected chi connectivity index (χ4v) is 3.74. The first-order valence-corrected chi connectivity index (χ1v) is 8.27. The normalized spacial score (nSPS) is 15.5. The number of anilines is 1. The first-order chi connectivity index (χ1) is 9.74. The van der Waals surface area contributed by atoms with Crippen molar-refractivity contribution < 1.29 is 0 Å². The van der Waals surface area contributed by atoms with E-state index >= 15 is 0 Å². The fraction of sp³-hybridized carbons (Fsp3) is 0.375. The quantitative estimate of drug-likeness (QED) is 0.862. The van der Waals surface area contributed by atoms with Gasteiger partial charge in [-0.2, -0.15) is 0 Å². The Hall–Kier alpha value is -1.03. The van der Waals surface area contributed by atoms with Gasteiger partial charge in [0.05, 0.1) is 4.34 Å². The second-order valence-electron chi connectivity index (χ2n) is 5.23. The molecule has 106 valence electrons. The molecule has 2 aromatic rings. The van der Waals surface area contributed by atoms with Crippen LogP contribution in [0.3, 0.4) is 0 Å². The van der Waals surface area contributed by atoms with E-state index in [-0.39, 0.29) is 0 Å². The molecule has 1 aromatic heterocycles. The van der Waals surface area contributed by atoms with E-state index in [9.17, 15) is 0 Å². The molecule has 0 bridgehead atoms. The maximum Gasteiger partial charge on any atom is 0.0931 e.